The SMILES string of the molecule is CNCC(=O)OCOC(=O)C(=O)OC1CCN2SCCCCCCC2C1.COC=O.OC(c1ccccc1)c1ccccc1. The third-order valence-corrected chi connectivity index (χ3v) is 8.08. The maximum Gasteiger partial charge on any atom is 0.420 e. The van der Waals surface area contributed by atoms with E-state index in [1.165, 1.54) is 32.8 Å². The molecule has 0 bridgehead atoms. The van der Waals surface area contributed by atoms with Crippen molar-refractivity contribution in [3.05, 3.63) is 71.8 Å². The molecule has 44 heavy (non-hydrogen) atoms. The molecule has 2 heterocycles. The Hall–Kier alpha value is -3.45. The first-order chi connectivity index (χ1) is 21.4. The fraction of sp³-hybridized carbons (Fsp3) is 0.500. The van der Waals surface area contributed by atoms with Crippen LogP contribution in [-0.2, 0) is 38.1 Å². The second kappa shape index (κ2) is 22.1. The number of benzene rings is 2. The molecule has 2 fully saturated rings. The number of nitrogens with zero attached hydrogens (tertiary/aromatic N) is 1. The number of carbonyl (C=O) groups is 4. The van der Waals surface area contributed by atoms with Crippen molar-refractivity contribution < 1.29 is 43.2 Å². The van der Waals surface area contributed by atoms with Crippen LogP contribution in [0.4, 0.5) is 0 Å². The normalized spacial score (nSPS) is 18.2. The molecule has 12 heteroatoms. The van der Waals surface area contributed by atoms with Gasteiger partial charge in [-0.2, -0.15) is 0 Å². The van der Waals surface area contributed by atoms with E-state index in [0.717, 1.165) is 36.3 Å². The van der Waals surface area contributed by atoms with E-state index in [4.69, 9.17) is 9.53 Å². The summed E-state index contributed by atoms with van der Waals surface area (Å²) in [5, 5.41) is 12.6. The summed E-state index contributed by atoms with van der Waals surface area (Å²) in [6, 6.07) is 19.7. The Morgan fingerprint density at radius 2 is 1.57 bits per heavy atom. The Labute approximate surface area is 263 Å². The van der Waals surface area contributed by atoms with E-state index >= 15 is 0 Å². The first kappa shape index (κ1) is 36.7. The summed E-state index contributed by atoms with van der Waals surface area (Å²) in [6.07, 6.45) is 6.70. The topological polar surface area (TPSA) is 141 Å². The number of hydrogen-bond donors (Lipinski definition) is 2. The van der Waals surface area contributed by atoms with Crippen LogP contribution >= 0.6 is 11.9 Å². The van der Waals surface area contributed by atoms with Crippen molar-refractivity contribution in [3.63, 3.8) is 0 Å². The lowest BCUT2D eigenvalue weighted by atomic mass is 9.96. The zero-order chi connectivity index (χ0) is 32.0. The summed E-state index contributed by atoms with van der Waals surface area (Å²) in [5.41, 5.74) is 1.86. The lowest BCUT2D eigenvalue weighted by molar-refractivity contribution is -0.181. The van der Waals surface area contributed by atoms with Gasteiger partial charge in [-0.3, -0.25) is 9.59 Å². The van der Waals surface area contributed by atoms with Gasteiger partial charge in [-0.25, -0.2) is 13.9 Å². The monoisotopic (exact) mass is 632 g/mol. The summed E-state index contributed by atoms with van der Waals surface area (Å²) in [7, 11) is 2.90. The summed E-state index contributed by atoms with van der Waals surface area (Å²) in [4.78, 5) is 43.6. The molecule has 4 rings (SSSR count). The highest BCUT2D eigenvalue weighted by Crippen LogP contribution is 2.31. The zero-order valence-corrected chi connectivity index (χ0v) is 26.2. The standard InChI is InChI=1S/C17H28N2O6S.C13H12O.C2H4O2/c1-18-11-15(20)23-12-24-16(21)17(22)25-14-7-8-19-13(10-14)6-4-2-3-5-9-26-19;14-13(11-7-3-1-4-8-11)12-9-5-2-6-10-12;1-4-2-3/h13-14,18H,2-12H2,1H3;1-10,13-14H;2H,1H3. The molecule has 2 aliphatic heterocycles. The molecule has 0 aromatic heterocycles. The molecule has 0 aliphatic carbocycles. The van der Waals surface area contributed by atoms with Crippen LogP contribution in [0.25, 0.3) is 0 Å². The minimum atomic E-state index is -1.13. The van der Waals surface area contributed by atoms with Crippen molar-refractivity contribution >= 4 is 36.3 Å². The van der Waals surface area contributed by atoms with Gasteiger partial charge in [-0.15, -0.1) is 0 Å². The maximum atomic E-state index is 11.9. The Kier molecular flexibility index (Phi) is 18.5. The second-order valence-corrected chi connectivity index (χ2v) is 11.2. The molecule has 2 aromatic carbocycles. The van der Waals surface area contributed by atoms with E-state index in [2.05, 4.69) is 23.8 Å². The summed E-state index contributed by atoms with van der Waals surface area (Å²) in [5.74, 6) is -1.59. The first-order valence-electron chi connectivity index (χ1n) is 14.7. The number of piperidine rings is 1. The Balaban J connectivity index is 0.000000311. The smallest absolute Gasteiger partial charge is 0.420 e. The van der Waals surface area contributed by atoms with Crippen LogP contribution < -0.4 is 5.32 Å². The van der Waals surface area contributed by atoms with Crippen molar-refractivity contribution in [1.82, 2.24) is 9.62 Å². The summed E-state index contributed by atoms with van der Waals surface area (Å²) < 4.78 is 20.8. The summed E-state index contributed by atoms with van der Waals surface area (Å²) >= 11 is 1.89. The Morgan fingerprint density at radius 1 is 0.955 bits per heavy atom. The molecular weight excluding hydrogens is 588 g/mol. The molecule has 11 nitrogen and oxygen atoms in total. The minimum absolute atomic E-state index is 0.0000285. The van der Waals surface area contributed by atoms with Crippen molar-refractivity contribution in [2.24, 2.45) is 0 Å². The van der Waals surface area contributed by atoms with Gasteiger partial charge in [0, 0.05) is 24.8 Å². The van der Waals surface area contributed by atoms with E-state index in [0.29, 0.717) is 18.9 Å². The number of methoxy groups -OCH3 is 1. The van der Waals surface area contributed by atoms with Crippen LogP contribution in [0.3, 0.4) is 0 Å². The van der Waals surface area contributed by atoms with Crippen LogP contribution in [0.5, 0.6) is 0 Å². The Bertz CT molecular complexity index is 1070. The van der Waals surface area contributed by atoms with Crippen LogP contribution in [0.15, 0.2) is 60.7 Å². The van der Waals surface area contributed by atoms with Crippen LogP contribution in [0.2, 0.25) is 0 Å². The largest absolute Gasteiger partial charge is 0.471 e. The average Bonchev–Trinajstić information content (AvgIpc) is 3.17. The van der Waals surface area contributed by atoms with Crippen molar-refractivity contribution in [2.45, 2.75) is 63.2 Å². The number of fused-ring (bicyclic) bond motifs is 1. The molecule has 0 spiro atoms. The van der Waals surface area contributed by atoms with Crippen LogP contribution in [0.1, 0.15) is 62.2 Å². The van der Waals surface area contributed by atoms with Gasteiger partial charge in [0.2, 0.25) is 6.79 Å². The predicted octanol–water partition coefficient (Wildman–Crippen LogP) is 3.80. The lowest BCUT2D eigenvalue weighted by Gasteiger charge is -2.37. The van der Waals surface area contributed by atoms with Gasteiger partial charge in [0.05, 0.1) is 13.7 Å². The van der Waals surface area contributed by atoms with E-state index in [-0.39, 0.29) is 12.6 Å². The Morgan fingerprint density at radius 3 is 2.16 bits per heavy atom. The molecule has 2 aromatic rings. The van der Waals surface area contributed by atoms with E-state index in [1.807, 2.05) is 72.6 Å². The fourth-order valence-corrected chi connectivity index (χ4v) is 5.82. The second-order valence-electron chi connectivity index (χ2n) is 10.0. The van der Waals surface area contributed by atoms with E-state index in [1.54, 1.807) is 7.05 Å². The number of nitrogens with one attached hydrogen (secondary N) is 1. The van der Waals surface area contributed by atoms with Gasteiger partial charge in [-0.05, 0) is 37.4 Å². The molecule has 0 saturated carbocycles. The third kappa shape index (κ3) is 14.3. The molecule has 0 amide bonds. The number of aliphatic hydroxyl groups excluding tert-OH is 1. The minimum Gasteiger partial charge on any atom is -0.471 e. The molecule has 2 aliphatic rings. The molecule has 0 radical (unpaired) electrons. The number of ether oxygens (including phenoxy) is 4. The fourth-order valence-electron chi connectivity index (χ4n) is 4.61. The van der Waals surface area contributed by atoms with Crippen LogP contribution in [0, 0.1) is 0 Å². The van der Waals surface area contributed by atoms with Gasteiger partial charge in [0.1, 0.15) is 12.2 Å². The number of hydrogen-bond acceptors (Lipinski definition) is 12. The number of esters is 3. The highest BCUT2D eigenvalue weighted by molar-refractivity contribution is 7.97. The average molecular weight is 633 g/mol. The molecular formula is C32H44N2O9S. The highest BCUT2D eigenvalue weighted by Gasteiger charge is 2.32. The van der Waals surface area contributed by atoms with E-state index in [9.17, 15) is 19.5 Å². The molecule has 2 N–H and O–H groups in total. The molecule has 2 unspecified atom stereocenters. The van der Waals surface area contributed by atoms with Gasteiger partial charge in [0.25, 0.3) is 6.47 Å². The van der Waals surface area contributed by atoms with Gasteiger partial charge >= 0.3 is 17.9 Å². The third-order valence-electron chi connectivity index (χ3n) is 6.80. The highest BCUT2D eigenvalue weighted by atomic mass is 32.2. The first-order valence-corrected chi connectivity index (χ1v) is 15.7. The van der Waals surface area contributed by atoms with Gasteiger partial charge in [-0.1, -0.05) is 91.9 Å². The van der Waals surface area contributed by atoms with Crippen molar-refractivity contribution in [3.8, 4) is 0 Å². The molecule has 2 atom stereocenters. The number of likely N-dealkylation sites (N-methyl/N-ethyl adjacent to an activating group) is 1. The number of aliphatic hydroxyl groups is 1. The number of rotatable bonds is 8. The molecule has 2 saturated heterocycles. The number of carbonyl (C=O) groups excluding carboxylic acids is 4. The zero-order valence-electron chi connectivity index (χ0n) is 25.4. The van der Waals surface area contributed by atoms with Crippen molar-refractivity contribution in [2.75, 3.05) is 39.8 Å². The lowest BCUT2D eigenvalue weighted by Crippen LogP contribution is -2.42. The van der Waals surface area contributed by atoms with Crippen molar-refractivity contribution in [1.29, 1.82) is 0 Å². The maximum absolute atomic E-state index is 11.9. The predicted molar refractivity (Wildman–Crippen MR) is 166 cm³/mol. The quantitative estimate of drug-likeness (QED) is 0.109. The van der Waals surface area contributed by atoms with Gasteiger partial charge < -0.3 is 29.4 Å². The molecule has 242 valence electrons. The van der Waals surface area contributed by atoms with Crippen LogP contribution in [-0.4, -0.2) is 85.7 Å². The van der Waals surface area contributed by atoms with E-state index < -0.39 is 30.8 Å². The summed E-state index contributed by atoms with van der Waals surface area (Å²) in [6.45, 7) is 0.635. The van der Waals surface area contributed by atoms with Gasteiger partial charge in [0.15, 0.2) is 0 Å².